The maximum absolute atomic E-state index is 11.9. The summed E-state index contributed by atoms with van der Waals surface area (Å²) in [5, 5.41) is 2.65. The first-order valence-corrected chi connectivity index (χ1v) is 5.41. The van der Waals surface area contributed by atoms with E-state index in [1.54, 1.807) is 29.2 Å². The summed E-state index contributed by atoms with van der Waals surface area (Å²) in [5.74, 6) is -0.172. The lowest BCUT2D eigenvalue weighted by molar-refractivity contribution is -0.114. The average molecular weight is 234 g/mol. The zero-order chi connectivity index (χ0) is 12.3. The fourth-order valence-electron chi connectivity index (χ4n) is 1.66. The van der Waals surface area contributed by atoms with E-state index in [4.69, 9.17) is 4.74 Å². The highest BCUT2D eigenvalue weighted by molar-refractivity contribution is 5.95. The molecule has 1 aliphatic rings. The van der Waals surface area contributed by atoms with Gasteiger partial charge in [0.15, 0.2) is 0 Å². The van der Waals surface area contributed by atoms with E-state index in [1.165, 1.54) is 6.92 Å². The van der Waals surface area contributed by atoms with Crippen molar-refractivity contribution in [2.45, 2.75) is 6.92 Å². The molecule has 0 aliphatic carbocycles. The summed E-state index contributed by atoms with van der Waals surface area (Å²) in [6.07, 6.45) is 0. The van der Waals surface area contributed by atoms with Gasteiger partial charge in [0.1, 0.15) is 6.73 Å². The van der Waals surface area contributed by atoms with Crippen LogP contribution in [-0.4, -0.2) is 36.6 Å². The topological polar surface area (TPSA) is 58.6 Å². The van der Waals surface area contributed by atoms with E-state index in [0.717, 1.165) is 0 Å². The fraction of sp³-hybridized carbons (Fsp3) is 0.333. The molecule has 0 atom stereocenters. The molecule has 5 nitrogen and oxygen atoms in total. The van der Waals surface area contributed by atoms with Gasteiger partial charge < -0.3 is 15.0 Å². The number of carbonyl (C=O) groups excluding carboxylic acids is 2. The van der Waals surface area contributed by atoms with Gasteiger partial charge in [0.05, 0.1) is 6.61 Å². The van der Waals surface area contributed by atoms with Gasteiger partial charge in [-0.25, -0.2) is 0 Å². The van der Waals surface area contributed by atoms with Gasteiger partial charge in [-0.1, -0.05) is 0 Å². The van der Waals surface area contributed by atoms with E-state index in [-0.39, 0.29) is 11.8 Å². The number of benzene rings is 1. The number of amides is 2. The first-order valence-electron chi connectivity index (χ1n) is 5.41. The third-order valence-electron chi connectivity index (χ3n) is 2.49. The molecule has 2 amide bonds. The third kappa shape index (κ3) is 2.82. The Hall–Kier alpha value is -1.88. The molecule has 1 fully saturated rings. The highest BCUT2D eigenvalue weighted by atomic mass is 16.5. The third-order valence-corrected chi connectivity index (χ3v) is 2.49. The van der Waals surface area contributed by atoms with E-state index in [9.17, 15) is 9.59 Å². The van der Waals surface area contributed by atoms with E-state index in [2.05, 4.69) is 5.32 Å². The molecule has 0 aromatic heterocycles. The second kappa shape index (κ2) is 4.97. The van der Waals surface area contributed by atoms with Gasteiger partial charge in [-0.05, 0) is 24.3 Å². The first-order chi connectivity index (χ1) is 8.16. The van der Waals surface area contributed by atoms with E-state index >= 15 is 0 Å². The second-order valence-corrected chi connectivity index (χ2v) is 3.86. The average Bonchev–Trinajstić information content (AvgIpc) is 2.82. The lowest BCUT2D eigenvalue weighted by atomic mass is 10.2. The van der Waals surface area contributed by atoms with Crippen LogP contribution in [0.2, 0.25) is 0 Å². The molecule has 0 unspecified atom stereocenters. The van der Waals surface area contributed by atoms with Crippen LogP contribution in [0.5, 0.6) is 0 Å². The first kappa shape index (κ1) is 11.6. The van der Waals surface area contributed by atoms with Crippen LogP contribution in [0.15, 0.2) is 24.3 Å². The minimum atomic E-state index is -0.128. The van der Waals surface area contributed by atoms with Crippen LogP contribution in [0.25, 0.3) is 0 Å². The van der Waals surface area contributed by atoms with Crippen molar-refractivity contribution < 1.29 is 14.3 Å². The van der Waals surface area contributed by atoms with Crippen molar-refractivity contribution in [3.63, 3.8) is 0 Å². The number of nitrogens with zero attached hydrogens (tertiary/aromatic N) is 1. The Kier molecular flexibility index (Phi) is 3.39. The summed E-state index contributed by atoms with van der Waals surface area (Å²) in [7, 11) is 0. The summed E-state index contributed by atoms with van der Waals surface area (Å²) in [6.45, 7) is 3.02. The van der Waals surface area contributed by atoms with Gasteiger partial charge in [-0.15, -0.1) is 0 Å². The summed E-state index contributed by atoms with van der Waals surface area (Å²) in [5.41, 5.74) is 1.29. The van der Waals surface area contributed by atoms with Crippen LogP contribution in [0.1, 0.15) is 17.3 Å². The van der Waals surface area contributed by atoms with Crippen molar-refractivity contribution in [2.24, 2.45) is 0 Å². The number of anilines is 1. The Balaban J connectivity index is 2.06. The Labute approximate surface area is 99.4 Å². The Morgan fingerprint density at radius 2 is 2.00 bits per heavy atom. The van der Waals surface area contributed by atoms with Crippen LogP contribution in [-0.2, 0) is 9.53 Å². The smallest absolute Gasteiger partial charge is 0.255 e. The molecule has 0 spiro atoms. The predicted molar refractivity (Wildman–Crippen MR) is 62.6 cm³/mol. The number of carbonyl (C=O) groups is 2. The molecule has 1 N–H and O–H groups in total. The molecule has 1 aromatic rings. The number of hydrogen-bond acceptors (Lipinski definition) is 3. The van der Waals surface area contributed by atoms with E-state index in [0.29, 0.717) is 31.1 Å². The van der Waals surface area contributed by atoms with E-state index < -0.39 is 0 Å². The van der Waals surface area contributed by atoms with Crippen molar-refractivity contribution in [1.82, 2.24) is 4.90 Å². The molecule has 17 heavy (non-hydrogen) atoms. The molecule has 0 saturated carbocycles. The van der Waals surface area contributed by atoms with Gasteiger partial charge in [0.25, 0.3) is 5.91 Å². The standard InChI is InChI=1S/C12H14N2O3/c1-9(15)13-11-4-2-10(3-5-11)12(16)14-6-7-17-8-14/h2-5H,6-8H2,1H3,(H,13,15). The SMILES string of the molecule is CC(=O)Nc1ccc(C(=O)N2CCOC2)cc1. The lowest BCUT2D eigenvalue weighted by Crippen LogP contribution is -2.28. The van der Waals surface area contributed by atoms with Crippen LogP contribution in [0.3, 0.4) is 0 Å². The van der Waals surface area contributed by atoms with Crippen LogP contribution in [0, 0.1) is 0 Å². The molecule has 1 aromatic carbocycles. The number of nitrogens with one attached hydrogen (secondary N) is 1. The zero-order valence-corrected chi connectivity index (χ0v) is 9.60. The van der Waals surface area contributed by atoms with Crippen LogP contribution in [0.4, 0.5) is 5.69 Å². The van der Waals surface area contributed by atoms with Gasteiger partial charge in [-0.3, -0.25) is 9.59 Å². The summed E-state index contributed by atoms with van der Waals surface area (Å²) >= 11 is 0. The highest BCUT2D eigenvalue weighted by Crippen LogP contribution is 2.13. The van der Waals surface area contributed by atoms with Crippen molar-refractivity contribution in [1.29, 1.82) is 0 Å². The largest absolute Gasteiger partial charge is 0.359 e. The van der Waals surface area contributed by atoms with Gasteiger partial charge in [-0.2, -0.15) is 0 Å². The quantitative estimate of drug-likeness (QED) is 0.832. The normalized spacial score (nSPS) is 14.8. The van der Waals surface area contributed by atoms with Gasteiger partial charge in [0.2, 0.25) is 5.91 Å². The summed E-state index contributed by atoms with van der Waals surface area (Å²) < 4.78 is 5.12. The molecule has 1 saturated heterocycles. The molecular weight excluding hydrogens is 220 g/mol. The predicted octanol–water partition coefficient (Wildman–Crippen LogP) is 1.07. The molecule has 1 heterocycles. The summed E-state index contributed by atoms with van der Waals surface area (Å²) in [4.78, 5) is 24.4. The minimum absolute atomic E-state index is 0.0446. The maximum atomic E-state index is 11.9. The Morgan fingerprint density at radius 1 is 1.29 bits per heavy atom. The highest BCUT2D eigenvalue weighted by Gasteiger charge is 2.19. The fourth-order valence-corrected chi connectivity index (χ4v) is 1.66. The Bertz CT molecular complexity index is 422. The van der Waals surface area contributed by atoms with Crippen molar-refractivity contribution in [3.05, 3.63) is 29.8 Å². The van der Waals surface area contributed by atoms with Crippen LogP contribution >= 0.6 is 0 Å². The number of hydrogen-bond donors (Lipinski definition) is 1. The molecule has 2 rings (SSSR count). The zero-order valence-electron chi connectivity index (χ0n) is 9.60. The molecular formula is C12H14N2O3. The minimum Gasteiger partial charge on any atom is -0.359 e. The molecule has 0 radical (unpaired) electrons. The monoisotopic (exact) mass is 234 g/mol. The van der Waals surface area contributed by atoms with Crippen molar-refractivity contribution in [3.8, 4) is 0 Å². The summed E-state index contributed by atoms with van der Waals surface area (Å²) in [6, 6.07) is 6.83. The van der Waals surface area contributed by atoms with Crippen LogP contribution < -0.4 is 5.32 Å². The van der Waals surface area contributed by atoms with Gasteiger partial charge in [0, 0.05) is 24.7 Å². The van der Waals surface area contributed by atoms with E-state index in [1.807, 2.05) is 0 Å². The number of rotatable bonds is 2. The Morgan fingerprint density at radius 3 is 2.53 bits per heavy atom. The molecule has 5 heteroatoms. The number of ether oxygens (including phenoxy) is 1. The second-order valence-electron chi connectivity index (χ2n) is 3.86. The van der Waals surface area contributed by atoms with Gasteiger partial charge >= 0.3 is 0 Å². The molecule has 90 valence electrons. The van der Waals surface area contributed by atoms with Crippen molar-refractivity contribution in [2.75, 3.05) is 25.2 Å². The maximum Gasteiger partial charge on any atom is 0.255 e. The molecule has 1 aliphatic heterocycles. The molecule has 0 bridgehead atoms. The lowest BCUT2D eigenvalue weighted by Gasteiger charge is -2.13. The van der Waals surface area contributed by atoms with Crippen molar-refractivity contribution >= 4 is 17.5 Å².